The normalized spacial score (nSPS) is 21.3. The number of hydrogen-bond acceptors (Lipinski definition) is 5. The molecule has 0 radical (unpaired) electrons. The van der Waals surface area contributed by atoms with Gasteiger partial charge in [0.25, 0.3) is 0 Å². The molecular formula is C29H38F2N4O3. The number of carbonyl (C=O) groups is 2. The van der Waals surface area contributed by atoms with Gasteiger partial charge in [0.05, 0.1) is 12.1 Å². The molecule has 3 unspecified atom stereocenters. The van der Waals surface area contributed by atoms with E-state index in [0.29, 0.717) is 11.3 Å². The molecule has 0 spiro atoms. The van der Waals surface area contributed by atoms with Gasteiger partial charge in [-0.1, -0.05) is 58.2 Å². The van der Waals surface area contributed by atoms with Crippen LogP contribution in [0.15, 0.2) is 48.8 Å². The molecule has 2 amide bonds. The molecule has 4 rings (SSSR count). The van der Waals surface area contributed by atoms with Crippen molar-refractivity contribution in [1.82, 2.24) is 15.6 Å². The van der Waals surface area contributed by atoms with E-state index in [4.69, 9.17) is 0 Å². The molecule has 9 heteroatoms. The average molecular weight is 529 g/mol. The number of anilines is 1. The molecule has 3 atom stereocenters. The number of aromatic nitrogens is 1. The highest BCUT2D eigenvalue weighted by Gasteiger charge is 2.40. The van der Waals surface area contributed by atoms with Gasteiger partial charge in [0.2, 0.25) is 11.8 Å². The van der Waals surface area contributed by atoms with Crippen LogP contribution in [-0.2, 0) is 19.7 Å². The number of ether oxygens (including phenoxy) is 1. The lowest BCUT2D eigenvalue weighted by atomic mass is 9.87. The predicted octanol–water partition coefficient (Wildman–Crippen LogP) is 4.87. The van der Waals surface area contributed by atoms with Gasteiger partial charge in [0.1, 0.15) is 6.04 Å². The highest BCUT2D eigenvalue weighted by atomic mass is 19.3. The number of pyridine rings is 1. The van der Waals surface area contributed by atoms with Gasteiger partial charge < -0.3 is 15.4 Å². The van der Waals surface area contributed by atoms with E-state index in [-0.39, 0.29) is 36.2 Å². The molecule has 38 heavy (non-hydrogen) atoms. The molecule has 1 aliphatic heterocycles. The van der Waals surface area contributed by atoms with E-state index in [1.54, 1.807) is 24.5 Å². The van der Waals surface area contributed by atoms with Crippen molar-refractivity contribution < 1.29 is 23.1 Å². The topological polar surface area (TPSA) is 83.6 Å². The second kappa shape index (κ2) is 12.3. The zero-order valence-electron chi connectivity index (χ0n) is 22.3. The molecule has 1 saturated carbocycles. The van der Waals surface area contributed by atoms with Gasteiger partial charge in [-0.3, -0.25) is 19.5 Å². The number of amides is 2. The second-order valence-corrected chi connectivity index (χ2v) is 11.3. The predicted molar refractivity (Wildman–Crippen MR) is 142 cm³/mol. The molecule has 1 aliphatic carbocycles. The molecule has 2 N–H and O–H groups in total. The molecule has 1 saturated heterocycles. The van der Waals surface area contributed by atoms with Gasteiger partial charge in [0.15, 0.2) is 0 Å². The van der Waals surface area contributed by atoms with Crippen molar-refractivity contribution in [2.75, 3.05) is 11.4 Å². The first-order valence-corrected chi connectivity index (χ1v) is 13.4. The third-order valence-electron chi connectivity index (χ3n) is 7.39. The van der Waals surface area contributed by atoms with Crippen LogP contribution >= 0.6 is 0 Å². The minimum Gasteiger partial charge on any atom is -0.351 e. The Morgan fingerprint density at radius 2 is 1.82 bits per heavy atom. The summed E-state index contributed by atoms with van der Waals surface area (Å²) in [5, 5.41) is 6.21. The number of nitrogens with zero attached hydrogens (tertiary/aromatic N) is 2. The summed E-state index contributed by atoms with van der Waals surface area (Å²) in [5.41, 5.74) is 2.12. The maximum absolute atomic E-state index is 14.1. The lowest BCUT2D eigenvalue weighted by Crippen LogP contribution is -2.51. The molecule has 1 aromatic carbocycles. The fraction of sp³-hybridized carbons (Fsp3) is 0.552. The Morgan fingerprint density at radius 3 is 2.42 bits per heavy atom. The van der Waals surface area contributed by atoms with Gasteiger partial charge in [-0.25, -0.2) is 0 Å². The van der Waals surface area contributed by atoms with E-state index in [1.807, 2.05) is 24.3 Å². The molecule has 2 aliphatic rings. The SMILES string of the molecule is CC(C)(C)c1ccc(N(C(=O)C2CC(OC(F)F)CN2)C(C(=O)NC2CCCCC2)c2cccnc2)cc1. The van der Waals surface area contributed by atoms with E-state index in [9.17, 15) is 18.4 Å². The lowest BCUT2D eigenvalue weighted by Gasteiger charge is -2.35. The number of rotatable bonds is 8. The zero-order chi connectivity index (χ0) is 27.3. The number of halogens is 2. The summed E-state index contributed by atoms with van der Waals surface area (Å²) in [5.74, 6) is -0.655. The summed E-state index contributed by atoms with van der Waals surface area (Å²) in [7, 11) is 0. The van der Waals surface area contributed by atoms with Crippen LogP contribution in [0.3, 0.4) is 0 Å². The highest BCUT2D eigenvalue weighted by Crippen LogP contribution is 2.33. The summed E-state index contributed by atoms with van der Waals surface area (Å²) in [6.07, 6.45) is 7.57. The smallest absolute Gasteiger partial charge is 0.345 e. The van der Waals surface area contributed by atoms with Gasteiger partial charge in [-0.15, -0.1) is 0 Å². The van der Waals surface area contributed by atoms with E-state index >= 15 is 0 Å². The monoisotopic (exact) mass is 528 g/mol. The molecule has 0 bridgehead atoms. The summed E-state index contributed by atoms with van der Waals surface area (Å²) in [4.78, 5) is 33.7. The van der Waals surface area contributed by atoms with Crippen LogP contribution in [0.5, 0.6) is 0 Å². The van der Waals surface area contributed by atoms with Crippen LogP contribution in [0.4, 0.5) is 14.5 Å². The molecule has 2 heterocycles. The lowest BCUT2D eigenvalue weighted by molar-refractivity contribution is -0.157. The van der Waals surface area contributed by atoms with E-state index in [1.165, 1.54) is 4.90 Å². The number of alkyl halides is 2. The van der Waals surface area contributed by atoms with Gasteiger partial charge in [-0.05, 0) is 48.4 Å². The molecule has 2 fully saturated rings. The Kier molecular flexibility index (Phi) is 9.10. The standard InChI is InChI=1S/C29H38F2N4O3/c1-29(2,3)20-11-13-22(14-12-20)35(27(37)24-16-23(18-33-24)38-28(30)31)25(19-8-7-15-32-17-19)26(36)34-21-9-5-4-6-10-21/h7-8,11-15,17,21,23-25,28,33H,4-6,9-10,16,18H2,1-3H3,(H,34,36). The first-order valence-electron chi connectivity index (χ1n) is 13.4. The maximum atomic E-state index is 14.1. The maximum Gasteiger partial charge on any atom is 0.345 e. The van der Waals surface area contributed by atoms with Crippen LogP contribution in [0, 0.1) is 0 Å². The van der Waals surface area contributed by atoms with E-state index < -0.39 is 24.8 Å². The Hall–Kier alpha value is -2.91. The number of nitrogens with one attached hydrogen (secondary N) is 2. The van der Waals surface area contributed by atoms with Crippen LogP contribution in [0.2, 0.25) is 0 Å². The van der Waals surface area contributed by atoms with Crippen LogP contribution in [0.1, 0.15) is 76.5 Å². The largest absolute Gasteiger partial charge is 0.351 e. The van der Waals surface area contributed by atoms with Gasteiger partial charge in [0, 0.05) is 36.2 Å². The van der Waals surface area contributed by atoms with Crippen molar-refractivity contribution >= 4 is 17.5 Å². The summed E-state index contributed by atoms with van der Waals surface area (Å²) >= 11 is 0. The third kappa shape index (κ3) is 6.94. The Morgan fingerprint density at radius 1 is 1.11 bits per heavy atom. The van der Waals surface area contributed by atoms with Crippen LogP contribution in [-0.4, -0.2) is 48.1 Å². The van der Waals surface area contributed by atoms with E-state index in [2.05, 4.69) is 41.1 Å². The minimum atomic E-state index is -2.92. The fourth-order valence-electron chi connectivity index (χ4n) is 5.32. The molecule has 7 nitrogen and oxygen atoms in total. The van der Waals surface area contributed by atoms with Crippen LogP contribution in [0.25, 0.3) is 0 Å². The molecular weight excluding hydrogens is 490 g/mol. The quantitative estimate of drug-likeness (QED) is 0.511. The second-order valence-electron chi connectivity index (χ2n) is 11.3. The Balaban J connectivity index is 1.71. The van der Waals surface area contributed by atoms with Crippen molar-refractivity contribution in [3.8, 4) is 0 Å². The molecule has 2 aromatic rings. The molecule has 1 aromatic heterocycles. The van der Waals surface area contributed by atoms with Gasteiger partial charge in [-0.2, -0.15) is 8.78 Å². The summed E-state index contributed by atoms with van der Waals surface area (Å²) < 4.78 is 30.4. The minimum absolute atomic E-state index is 0.0454. The van der Waals surface area contributed by atoms with Crippen molar-refractivity contribution in [2.45, 2.75) is 95.6 Å². The third-order valence-corrected chi connectivity index (χ3v) is 7.39. The first-order chi connectivity index (χ1) is 18.1. The highest BCUT2D eigenvalue weighted by molar-refractivity contribution is 6.04. The summed E-state index contributed by atoms with van der Waals surface area (Å²) in [6, 6.07) is 9.42. The number of hydrogen-bond donors (Lipinski definition) is 2. The van der Waals surface area contributed by atoms with Gasteiger partial charge >= 0.3 is 6.61 Å². The fourth-order valence-corrected chi connectivity index (χ4v) is 5.32. The van der Waals surface area contributed by atoms with Crippen LogP contribution < -0.4 is 15.5 Å². The van der Waals surface area contributed by atoms with Crippen molar-refractivity contribution in [3.05, 3.63) is 59.9 Å². The van der Waals surface area contributed by atoms with Crippen molar-refractivity contribution in [1.29, 1.82) is 0 Å². The van der Waals surface area contributed by atoms with Crippen molar-refractivity contribution in [3.63, 3.8) is 0 Å². The summed E-state index contributed by atoms with van der Waals surface area (Å²) in [6.45, 7) is 3.52. The molecule has 206 valence electrons. The van der Waals surface area contributed by atoms with E-state index in [0.717, 1.165) is 37.7 Å². The Labute approximate surface area is 223 Å². The zero-order valence-corrected chi connectivity index (χ0v) is 22.3. The number of benzene rings is 1. The Bertz CT molecular complexity index is 1070. The first kappa shape index (κ1) is 28.1. The number of carbonyl (C=O) groups excluding carboxylic acids is 2. The average Bonchev–Trinajstić information content (AvgIpc) is 3.35. The van der Waals surface area contributed by atoms with Crippen molar-refractivity contribution in [2.24, 2.45) is 0 Å².